The highest BCUT2D eigenvalue weighted by atomic mass is 79.9. The standard InChI is InChI=1S/C13H15BrFN3S/c1-2-5-16-12(13-8-19-18-17-13)6-9-3-4-10(14)7-11(9)15/h3-4,7-8,12,16H,2,5-6H2,1H3. The molecule has 0 aliphatic rings. The van der Waals surface area contributed by atoms with Crippen LogP contribution in [0.2, 0.25) is 0 Å². The van der Waals surface area contributed by atoms with E-state index in [9.17, 15) is 4.39 Å². The van der Waals surface area contributed by atoms with Gasteiger partial charge in [-0.2, -0.15) is 0 Å². The summed E-state index contributed by atoms with van der Waals surface area (Å²) in [5, 5.41) is 9.38. The maximum Gasteiger partial charge on any atom is 0.127 e. The lowest BCUT2D eigenvalue weighted by molar-refractivity contribution is 0.502. The molecule has 3 nitrogen and oxygen atoms in total. The third kappa shape index (κ3) is 4.06. The Balaban J connectivity index is 2.15. The number of hydrogen-bond acceptors (Lipinski definition) is 4. The Bertz CT molecular complexity index is 519. The fourth-order valence-corrected chi connectivity index (χ4v) is 2.67. The average Bonchev–Trinajstić information content (AvgIpc) is 2.90. The van der Waals surface area contributed by atoms with E-state index in [0.29, 0.717) is 12.0 Å². The molecule has 102 valence electrons. The van der Waals surface area contributed by atoms with Crippen LogP contribution in [-0.2, 0) is 6.42 Å². The summed E-state index contributed by atoms with van der Waals surface area (Å²) in [5.74, 6) is -0.194. The number of nitrogens with zero attached hydrogens (tertiary/aromatic N) is 2. The first-order valence-electron chi connectivity index (χ1n) is 6.15. The molecule has 0 fully saturated rings. The lowest BCUT2D eigenvalue weighted by atomic mass is 10.0. The molecule has 0 spiro atoms. The molecule has 6 heteroatoms. The third-order valence-electron chi connectivity index (χ3n) is 2.81. The van der Waals surface area contributed by atoms with Crippen molar-refractivity contribution in [3.63, 3.8) is 0 Å². The molecule has 0 saturated heterocycles. The normalized spacial score (nSPS) is 12.6. The van der Waals surface area contributed by atoms with Crippen molar-refractivity contribution in [2.45, 2.75) is 25.8 Å². The zero-order valence-electron chi connectivity index (χ0n) is 10.6. The molecule has 0 radical (unpaired) electrons. The van der Waals surface area contributed by atoms with Gasteiger partial charge < -0.3 is 5.32 Å². The number of aromatic nitrogens is 2. The van der Waals surface area contributed by atoms with Crippen LogP contribution in [0, 0.1) is 5.82 Å². The lowest BCUT2D eigenvalue weighted by Crippen LogP contribution is -2.24. The van der Waals surface area contributed by atoms with E-state index < -0.39 is 0 Å². The summed E-state index contributed by atoms with van der Waals surface area (Å²) in [6.45, 7) is 2.98. The zero-order valence-corrected chi connectivity index (χ0v) is 13.0. The van der Waals surface area contributed by atoms with Gasteiger partial charge in [0.2, 0.25) is 0 Å². The maximum atomic E-state index is 13.9. The molecule has 1 heterocycles. The first-order valence-corrected chi connectivity index (χ1v) is 7.78. The molecule has 2 aromatic rings. The Kier molecular flexibility index (Phi) is 5.42. The van der Waals surface area contributed by atoms with Gasteiger partial charge >= 0.3 is 0 Å². The molecule has 1 aromatic heterocycles. The van der Waals surface area contributed by atoms with Crippen LogP contribution in [0.15, 0.2) is 28.1 Å². The molecular formula is C13H15BrFN3S. The molecule has 1 unspecified atom stereocenters. The van der Waals surface area contributed by atoms with Crippen molar-refractivity contribution >= 4 is 27.5 Å². The van der Waals surface area contributed by atoms with Crippen molar-refractivity contribution in [1.82, 2.24) is 14.9 Å². The van der Waals surface area contributed by atoms with Crippen LogP contribution < -0.4 is 5.32 Å². The lowest BCUT2D eigenvalue weighted by Gasteiger charge is -2.16. The van der Waals surface area contributed by atoms with E-state index in [-0.39, 0.29) is 11.9 Å². The number of nitrogens with one attached hydrogen (secondary N) is 1. The van der Waals surface area contributed by atoms with Gasteiger partial charge in [0.1, 0.15) is 5.82 Å². The van der Waals surface area contributed by atoms with E-state index in [4.69, 9.17) is 0 Å². The monoisotopic (exact) mass is 343 g/mol. The van der Waals surface area contributed by atoms with Gasteiger partial charge in [-0.15, -0.1) is 5.10 Å². The Hall–Kier alpha value is -0.850. The Morgan fingerprint density at radius 3 is 2.95 bits per heavy atom. The van der Waals surface area contributed by atoms with E-state index in [1.807, 2.05) is 11.4 Å². The quantitative estimate of drug-likeness (QED) is 0.868. The molecule has 0 aliphatic heterocycles. The second kappa shape index (κ2) is 7.07. The molecule has 1 aromatic carbocycles. The van der Waals surface area contributed by atoms with Crippen LogP contribution in [0.3, 0.4) is 0 Å². The van der Waals surface area contributed by atoms with Crippen molar-refractivity contribution in [2.24, 2.45) is 0 Å². The Morgan fingerprint density at radius 1 is 1.47 bits per heavy atom. The molecule has 0 amide bonds. The van der Waals surface area contributed by atoms with Crippen LogP contribution in [0.25, 0.3) is 0 Å². The highest BCUT2D eigenvalue weighted by molar-refractivity contribution is 9.10. The molecule has 2 rings (SSSR count). The highest BCUT2D eigenvalue weighted by Gasteiger charge is 2.16. The molecule has 19 heavy (non-hydrogen) atoms. The van der Waals surface area contributed by atoms with E-state index >= 15 is 0 Å². The molecular weight excluding hydrogens is 329 g/mol. The summed E-state index contributed by atoms with van der Waals surface area (Å²) in [4.78, 5) is 0. The summed E-state index contributed by atoms with van der Waals surface area (Å²) >= 11 is 4.58. The number of halogens is 2. The zero-order chi connectivity index (χ0) is 13.7. The van der Waals surface area contributed by atoms with Gasteiger partial charge in [-0.05, 0) is 48.6 Å². The summed E-state index contributed by atoms with van der Waals surface area (Å²) in [6, 6.07) is 5.16. The van der Waals surface area contributed by atoms with Crippen molar-refractivity contribution in [2.75, 3.05) is 6.54 Å². The highest BCUT2D eigenvalue weighted by Crippen LogP contribution is 2.22. The van der Waals surface area contributed by atoms with Gasteiger partial charge in [0, 0.05) is 9.85 Å². The summed E-state index contributed by atoms with van der Waals surface area (Å²) in [5.41, 5.74) is 1.56. The topological polar surface area (TPSA) is 37.8 Å². The van der Waals surface area contributed by atoms with Gasteiger partial charge in [-0.3, -0.25) is 0 Å². The van der Waals surface area contributed by atoms with Crippen LogP contribution >= 0.6 is 27.5 Å². The predicted octanol–water partition coefficient (Wildman–Crippen LogP) is 3.72. The number of rotatable bonds is 6. The second-order valence-electron chi connectivity index (χ2n) is 4.28. The fourth-order valence-electron chi connectivity index (χ4n) is 1.83. The van der Waals surface area contributed by atoms with Crippen LogP contribution in [0.1, 0.15) is 30.6 Å². The minimum atomic E-state index is -0.194. The van der Waals surface area contributed by atoms with Gasteiger partial charge in [-0.25, -0.2) is 4.39 Å². The summed E-state index contributed by atoms with van der Waals surface area (Å²) in [6.07, 6.45) is 1.60. The average molecular weight is 344 g/mol. The van der Waals surface area contributed by atoms with Crippen LogP contribution in [0.4, 0.5) is 4.39 Å². The van der Waals surface area contributed by atoms with E-state index in [0.717, 1.165) is 23.1 Å². The minimum Gasteiger partial charge on any atom is -0.308 e. The second-order valence-corrected chi connectivity index (χ2v) is 5.80. The summed E-state index contributed by atoms with van der Waals surface area (Å²) in [7, 11) is 0. The number of benzene rings is 1. The molecule has 0 saturated carbocycles. The Labute approximate surface area is 124 Å². The van der Waals surface area contributed by atoms with Crippen molar-refractivity contribution in [3.8, 4) is 0 Å². The van der Waals surface area contributed by atoms with Crippen molar-refractivity contribution < 1.29 is 4.39 Å². The third-order valence-corrected chi connectivity index (χ3v) is 3.83. The molecule has 0 aliphatic carbocycles. The van der Waals surface area contributed by atoms with Gasteiger partial charge in [0.25, 0.3) is 0 Å². The minimum absolute atomic E-state index is 0.00868. The van der Waals surface area contributed by atoms with Crippen LogP contribution in [-0.4, -0.2) is 16.1 Å². The smallest absolute Gasteiger partial charge is 0.127 e. The van der Waals surface area contributed by atoms with Gasteiger partial charge in [-0.1, -0.05) is 33.4 Å². The largest absolute Gasteiger partial charge is 0.308 e. The number of hydrogen-bond donors (Lipinski definition) is 1. The van der Waals surface area contributed by atoms with Crippen molar-refractivity contribution in [3.05, 3.63) is 45.1 Å². The maximum absolute atomic E-state index is 13.9. The molecule has 0 bridgehead atoms. The first-order chi connectivity index (χ1) is 9.20. The van der Waals surface area contributed by atoms with Gasteiger partial charge in [0.15, 0.2) is 0 Å². The first kappa shape index (κ1) is 14.6. The van der Waals surface area contributed by atoms with E-state index in [2.05, 4.69) is 37.8 Å². The fraction of sp³-hybridized carbons (Fsp3) is 0.385. The van der Waals surface area contributed by atoms with Crippen molar-refractivity contribution in [1.29, 1.82) is 0 Å². The van der Waals surface area contributed by atoms with Gasteiger partial charge in [0.05, 0.1) is 11.7 Å². The summed E-state index contributed by atoms with van der Waals surface area (Å²) < 4.78 is 18.5. The van der Waals surface area contributed by atoms with Crippen LogP contribution in [0.5, 0.6) is 0 Å². The predicted molar refractivity (Wildman–Crippen MR) is 78.7 cm³/mol. The van der Waals surface area contributed by atoms with E-state index in [1.165, 1.54) is 17.6 Å². The Morgan fingerprint density at radius 2 is 2.32 bits per heavy atom. The van der Waals surface area contributed by atoms with E-state index in [1.54, 1.807) is 6.07 Å². The molecule has 1 atom stereocenters. The SMILES string of the molecule is CCCNC(Cc1ccc(Br)cc1F)c1csnn1. The molecule has 1 N–H and O–H groups in total.